The van der Waals surface area contributed by atoms with Crippen molar-refractivity contribution in [2.45, 2.75) is 23.4 Å². The number of hydrogen-bond acceptors (Lipinski definition) is 3. The van der Waals surface area contributed by atoms with Crippen molar-refractivity contribution >= 4 is 29.1 Å². The molecule has 0 saturated heterocycles. The molecule has 0 unspecified atom stereocenters. The van der Waals surface area contributed by atoms with E-state index in [-0.39, 0.29) is 0 Å². The fourth-order valence-electron chi connectivity index (χ4n) is 2.43. The van der Waals surface area contributed by atoms with Gasteiger partial charge in [-0.2, -0.15) is 5.26 Å². The molecule has 0 atom stereocenters. The van der Waals surface area contributed by atoms with E-state index in [0.717, 1.165) is 15.5 Å². The van der Waals surface area contributed by atoms with E-state index in [0.29, 0.717) is 22.9 Å². The van der Waals surface area contributed by atoms with Gasteiger partial charge in [0.25, 0.3) is 0 Å². The lowest BCUT2D eigenvalue weighted by Crippen LogP contribution is -2.04. The van der Waals surface area contributed by atoms with Crippen LogP contribution >= 0.6 is 23.4 Å². The molecule has 0 aliphatic heterocycles. The molecule has 0 fully saturated rings. The van der Waals surface area contributed by atoms with E-state index >= 15 is 0 Å². The Morgan fingerprint density at radius 3 is 2.54 bits per heavy atom. The Hall–Kier alpha value is -2.35. The molecule has 1 heterocycles. The Balaban J connectivity index is 2.00. The van der Waals surface area contributed by atoms with Crippen LogP contribution in [-0.4, -0.2) is 4.57 Å². The van der Waals surface area contributed by atoms with Crippen molar-refractivity contribution in [1.82, 2.24) is 4.57 Å². The second kappa shape index (κ2) is 7.04. The number of aromatic nitrogens is 1. The summed E-state index contributed by atoms with van der Waals surface area (Å²) in [6, 6.07) is 19.8. The van der Waals surface area contributed by atoms with Gasteiger partial charge >= 0.3 is 0 Å². The number of anilines is 1. The highest BCUT2D eigenvalue weighted by Gasteiger charge is 2.15. The van der Waals surface area contributed by atoms with Crippen LogP contribution in [0.5, 0.6) is 0 Å². The lowest BCUT2D eigenvalue weighted by Gasteiger charge is -2.12. The summed E-state index contributed by atoms with van der Waals surface area (Å²) in [5, 5.41) is 11.0. The highest BCUT2D eigenvalue weighted by molar-refractivity contribution is 7.99. The van der Waals surface area contributed by atoms with E-state index in [1.54, 1.807) is 17.8 Å². The van der Waals surface area contributed by atoms with Crippen LogP contribution in [0.15, 0.2) is 64.5 Å². The van der Waals surface area contributed by atoms with Crippen molar-refractivity contribution in [2.75, 3.05) is 5.73 Å². The van der Waals surface area contributed by atoms with Crippen molar-refractivity contribution in [2.24, 2.45) is 0 Å². The van der Waals surface area contributed by atoms with E-state index in [1.165, 1.54) is 5.56 Å². The first kappa shape index (κ1) is 16.5. The van der Waals surface area contributed by atoms with Crippen LogP contribution in [0.2, 0.25) is 5.02 Å². The summed E-state index contributed by atoms with van der Waals surface area (Å²) in [6.45, 7) is 2.56. The van der Waals surface area contributed by atoms with Gasteiger partial charge in [-0.3, -0.25) is 0 Å². The molecule has 3 aromatic rings. The van der Waals surface area contributed by atoms with Gasteiger partial charge in [0.15, 0.2) is 0 Å². The summed E-state index contributed by atoms with van der Waals surface area (Å²) in [5.74, 6) is 0. The number of nitrogens with zero attached hydrogens (tertiary/aromatic N) is 2. The number of nitrogen functional groups attached to an aromatic ring is 1. The van der Waals surface area contributed by atoms with Crippen LogP contribution < -0.4 is 5.73 Å². The average Bonchev–Trinajstić information content (AvgIpc) is 2.87. The Labute approximate surface area is 150 Å². The lowest BCUT2D eigenvalue weighted by atomic mass is 10.2. The monoisotopic (exact) mass is 353 g/mol. The van der Waals surface area contributed by atoms with E-state index in [1.807, 2.05) is 28.8 Å². The van der Waals surface area contributed by atoms with Gasteiger partial charge in [0, 0.05) is 9.92 Å². The number of benzene rings is 2. The number of nitrogens with two attached hydrogens (primary N) is 1. The van der Waals surface area contributed by atoms with Gasteiger partial charge in [-0.1, -0.05) is 59.3 Å². The van der Waals surface area contributed by atoms with Crippen molar-refractivity contribution in [3.8, 4) is 6.07 Å². The number of hydrogen-bond donors (Lipinski definition) is 1. The van der Waals surface area contributed by atoms with Gasteiger partial charge in [-0.05, 0) is 36.8 Å². The Morgan fingerprint density at radius 2 is 1.88 bits per heavy atom. The third-order valence-electron chi connectivity index (χ3n) is 3.71. The van der Waals surface area contributed by atoms with E-state index in [4.69, 9.17) is 17.3 Å². The Morgan fingerprint density at radius 1 is 1.17 bits per heavy atom. The number of nitriles is 1. The first-order valence-electron chi connectivity index (χ1n) is 7.45. The van der Waals surface area contributed by atoms with Crippen molar-refractivity contribution in [3.63, 3.8) is 0 Å². The van der Waals surface area contributed by atoms with E-state index < -0.39 is 0 Å². The van der Waals surface area contributed by atoms with Gasteiger partial charge in [0.1, 0.15) is 16.8 Å². The normalized spacial score (nSPS) is 10.5. The molecule has 3 nitrogen and oxygen atoms in total. The van der Waals surface area contributed by atoms with Crippen LogP contribution in [0.3, 0.4) is 0 Å². The van der Waals surface area contributed by atoms with Crippen molar-refractivity contribution in [1.29, 1.82) is 5.26 Å². The predicted molar refractivity (Wildman–Crippen MR) is 99.4 cm³/mol. The Bertz CT molecular complexity index is 907. The standard InChI is InChI=1S/C19H16ClN3S/c1-13-6-8-16(9-7-13)24-19-18(22)10-15(11-21)23(19)12-14-4-2-3-5-17(14)20/h2-10H,12,22H2,1H3. The second-order valence-corrected chi connectivity index (χ2v) is 6.96. The summed E-state index contributed by atoms with van der Waals surface area (Å²) in [4.78, 5) is 1.08. The lowest BCUT2D eigenvalue weighted by molar-refractivity contribution is 0.726. The maximum atomic E-state index is 9.44. The molecule has 2 aromatic carbocycles. The molecular formula is C19H16ClN3S. The van der Waals surface area contributed by atoms with Gasteiger partial charge in [0.2, 0.25) is 0 Å². The van der Waals surface area contributed by atoms with Crippen LogP contribution in [-0.2, 0) is 6.54 Å². The molecule has 1 aromatic heterocycles. The smallest absolute Gasteiger partial charge is 0.123 e. The number of halogens is 1. The minimum Gasteiger partial charge on any atom is -0.397 e. The highest BCUT2D eigenvalue weighted by atomic mass is 35.5. The van der Waals surface area contributed by atoms with Crippen LogP contribution in [0, 0.1) is 18.3 Å². The third kappa shape index (κ3) is 3.43. The first-order chi connectivity index (χ1) is 11.6. The predicted octanol–water partition coefficient (Wildman–Crippen LogP) is 5.10. The van der Waals surface area contributed by atoms with E-state index in [9.17, 15) is 5.26 Å². The molecule has 3 rings (SSSR count). The largest absolute Gasteiger partial charge is 0.397 e. The minimum absolute atomic E-state index is 0.508. The molecule has 0 amide bonds. The summed E-state index contributed by atoms with van der Waals surface area (Å²) in [6.07, 6.45) is 0. The first-order valence-corrected chi connectivity index (χ1v) is 8.65. The van der Waals surface area contributed by atoms with Gasteiger partial charge in [0.05, 0.1) is 12.2 Å². The van der Waals surface area contributed by atoms with Crippen molar-refractivity contribution < 1.29 is 0 Å². The number of aryl methyl sites for hydroxylation is 1. The summed E-state index contributed by atoms with van der Waals surface area (Å²) < 4.78 is 1.92. The molecule has 24 heavy (non-hydrogen) atoms. The molecule has 5 heteroatoms. The molecule has 0 saturated carbocycles. The third-order valence-corrected chi connectivity index (χ3v) is 5.24. The van der Waals surface area contributed by atoms with Crippen LogP contribution in [0.25, 0.3) is 0 Å². The van der Waals surface area contributed by atoms with Gasteiger partial charge in [-0.15, -0.1) is 0 Å². The van der Waals surface area contributed by atoms with Gasteiger partial charge < -0.3 is 10.3 Å². The number of rotatable bonds is 4. The summed E-state index contributed by atoms with van der Waals surface area (Å²) >= 11 is 7.83. The molecule has 2 N–H and O–H groups in total. The zero-order valence-electron chi connectivity index (χ0n) is 13.2. The zero-order valence-corrected chi connectivity index (χ0v) is 14.7. The zero-order chi connectivity index (χ0) is 17.1. The average molecular weight is 354 g/mol. The molecule has 0 spiro atoms. The fraction of sp³-hybridized carbons (Fsp3) is 0.105. The highest BCUT2D eigenvalue weighted by Crippen LogP contribution is 2.35. The topological polar surface area (TPSA) is 54.7 Å². The van der Waals surface area contributed by atoms with Crippen molar-refractivity contribution in [3.05, 3.63) is 76.4 Å². The molecule has 0 aliphatic rings. The van der Waals surface area contributed by atoms with Crippen LogP contribution in [0.4, 0.5) is 5.69 Å². The molecule has 0 bridgehead atoms. The molecule has 0 aliphatic carbocycles. The Kier molecular flexibility index (Phi) is 4.84. The molecular weight excluding hydrogens is 338 g/mol. The maximum absolute atomic E-state index is 9.44. The van der Waals surface area contributed by atoms with Crippen LogP contribution in [0.1, 0.15) is 16.8 Å². The second-order valence-electron chi connectivity index (χ2n) is 5.49. The van der Waals surface area contributed by atoms with Gasteiger partial charge in [-0.25, -0.2) is 0 Å². The molecule has 120 valence electrons. The SMILES string of the molecule is Cc1ccc(Sc2c(N)cc(C#N)n2Cc2ccccc2Cl)cc1. The minimum atomic E-state index is 0.508. The summed E-state index contributed by atoms with van der Waals surface area (Å²) in [7, 11) is 0. The fourth-order valence-corrected chi connectivity index (χ4v) is 3.57. The quantitative estimate of drug-likeness (QED) is 0.709. The maximum Gasteiger partial charge on any atom is 0.123 e. The molecule has 0 radical (unpaired) electrons. The van der Waals surface area contributed by atoms with E-state index in [2.05, 4.69) is 37.3 Å². The summed E-state index contributed by atoms with van der Waals surface area (Å²) in [5.41, 5.74) is 9.45.